The number of hydrogen-bond donors (Lipinski definition) is 2. The summed E-state index contributed by atoms with van der Waals surface area (Å²) in [4.78, 5) is 4.47. The molecule has 0 aliphatic rings. The highest BCUT2D eigenvalue weighted by Gasteiger charge is 2.11. The molecular formula is C14H17NO3S. The lowest BCUT2D eigenvalue weighted by Gasteiger charge is -2.04. The standard InChI is InChI=1S/C14H17NO3S/c1-10-13(9-19-8-12(17)7-16)15-14(18-10)11-5-3-2-4-6-11/h2-6,12,16-17H,7-9H2,1H3/t12-/m0/s1. The minimum Gasteiger partial charge on any atom is -0.441 e. The molecule has 2 aromatic rings. The van der Waals surface area contributed by atoms with Crippen LogP contribution < -0.4 is 0 Å². The number of hydrogen-bond acceptors (Lipinski definition) is 5. The average molecular weight is 279 g/mol. The van der Waals surface area contributed by atoms with Crippen LogP contribution in [0.1, 0.15) is 11.5 Å². The first kappa shape index (κ1) is 14.1. The van der Waals surface area contributed by atoms with E-state index in [4.69, 9.17) is 9.52 Å². The largest absolute Gasteiger partial charge is 0.441 e. The van der Waals surface area contributed by atoms with Crippen LogP contribution >= 0.6 is 11.8 Å². The summed E-state index contributed by atoms with van der Waals surface area (Å²) in [7, 11) is 0. The highest BCUT2D eigenvalue weighted by Crippen LogP contribution is 2.24. The molecule has 0 fully saturated rings. The van der Waals surface area contributed by atoms with Gasteiger partial charge in [0.1, 0.15) is 5.76 Å². The SMILES string of the molecule is Cc1oc(-c2ccccc2)nc1CSC[C@@H](O)CO. The second-order valence-electron chi connectivity index (χ2n) is 4.24. The first-order chi connectivity index (χ1) is 9.20. The molecule has 102 valence electrons. The fourth-order valence-corrected chi connectivity index (χ4v) is 2.57. The Kier molecular flexibility index (Phi) is 5.01. The second-order valence-corrected chi connectivity index (χ2v) is 5.27. The van der Waals surface area contributed by atoms with Gasteiger partial charge in [-0.05, 0) is 19.1 Å². The highest BCUT2D eigenvalue weighted by atomic mass is 32.2. The van der Waals surface area contributed by atoms with Crippen molar-refractivity contribution in [2.75, 3.05) is 12.4 Å². The predicted molar refractivity (Wildman–Crippen MR) is 75.9 cm³/mol. The summed E-state index contributed by atoms with van der Waals surface area (Å²) in [5, 5.41) is 18.0. The van der Waals surface area contributed by atoms with Gasteiger partial charge >= 0.3 is 0 Å². The topological polar surface area (TPSA) is 66.5 Å². The Morgan fingerprint density at radius 2 is 2.05 bits per heavy atom. The predicted octanol–water partition coefficient (Wildman–Crippen LogP) is 2.24. The van der Waals surface area contributed by atoms with Gasteiger partial charge in [-0.2, -0.15) is 11.8 Å². The fraction of sp³-hybridized carbons (Fsp3) is 0.357. The Labute approximate surface area is 116 Å². The van der Waals surface area contributed by atoms with Crippen LogP contribution in [0.5, 0.6) is 0 Å². The van der Waals surface area contributed by atoms with Crippen molar-refractivity contribution in [1.29, 1.82) is 0 Å². The lowest BCUT2D eigenvalue weighted by molar-refractivity contribution is 0.113. The van der Waals surface area contributed by atoms with Crippen LogP contribution in [-0.2, 0) is 5.75 Å². The van der Waals surface area contributed by atoms with Gasteiger partial charge in [0, 0.05) is 17.1 Å². The van der Waals surface area contributed by atoms with Crippen LogP contribution in [0.4, 0.5) is 0 Å². The van der Waals surface area contributed by atoms with Gasteiger partial charge in [0.15, 0.2) is 0 Å². The normalized spacial score (nSPS) is 12.6. The van der Waals surface area contributed by atoms with E-state index in [0.717, 1.165) is 17.0 Å². The Hall–Kier alpha value is -1.30. The van der Waals surface area contributed by atoms with Crippen LogP contribution in [0.3, 0.4) is 0 Å². The van der Waals surface area contributed by atoms with E-state index < -0.39 is 6.10 Å². The van der Waals surface area contributed by atoms with Gasteiger partial charge in [-0.1, -0.05) is 18.2 Å². The number of oxazole rings is 1. The lowest BCUT2D eigenvalue weighted by atomic mass is 10.2. The van der Waals surface area contributed by atoms with E-state index in [-0.39, 0.29) is 6.61 Å². The third kappa shape index (κ3) is 3.83. The van der Waals surface area contributed by atoms with Crippen molar-refractivity contribution >= 4 is 11.8 Å². The average Bonchev–Trinajstić information content (AvgIpc) is 2.81. The first-order valence-corrected chi connectivity index (χ1v) is 7.24. The van der Waals surface area contributed by atoms with Gasteiger partial charge < -0.3 is 14.6 Å². The molecule has 0 aliphatic heterocycles. The van der Waals surface area contributed by atoms with E-state index in [0.29, 0.717) is 17.4 Å². The molecule has 0 amide bonds. The summed E-state index contributed by atoms with van der Waals surface area (Å²) in [5.74, 6) is 2.57. The molecule has 2 rings (SSSR count). The number of thioether (sulfide) groups is 1. The maximum absolute atomic E-state index is 9.27. The Bertz CT molecular complexity index is 513. The lowest BCUT2D eigenvalue weighted by Crippen LogP contribution is -2.14. The maximum Gasteiger partial charge on any atom is 0.226 e. The molecule has 2 N–H and O–H groups in total. The van der Waals surface area contributed by atoms with Crippen LogP contribution in [0.25, 0.3) is 11.5 Å². The number of nitrogens with zero attached hydrogens (tertiary/aromatic N) is 1. The molecule has 0 unspecified atom stereocenters. The molecule has 4 nitrogen and oxygen atoms in total. The maximum atomic E-state index is 9.27. The van der Waals surface area contributed by atoms with E-state index in [1.165, 1.54) is 11.8 Å². The van der Waals surface area contributed by atoms with E-state index >= 15 is 0 Å². The van der Waals surface area contributed by atoms with Crippen molar-refractivity contribution in [2.24, 2.45) is 0 Å². The zero-order chi connectivity index (χ0) is 13.7. The van der Waals surface area contributed by atoms with Gasteiger partial charge in [-0.3, -0.25) is 0 Å². The van der Waals surface area contributed by atoms with Crippen LogP contribution in [0.2, 0.25) is 0 Å². The summed E-state index contributed by atoms with van der Waals surface area (Å²) in [6.07, 6.45) is -0.675. The van der Waals surface area contributed by atoms with Crippen molar-refractivity contribution in [3.8, 4) is 11.5 Å². The molecule has 0 saturated carbocycles. The molecule has 5 heteroatoms. The van der Waals surface area contributed by atoms with Crippen LogP contribution in [0, 0.1) is 6.92 Å². The van der Waals surface area contributed by atoms with Crippen molar-refractivity contribution in [1.82, 2.24) is 4.98 Å². The number of rotatable bonds is 6. The molecule has 1 aromatic carbocycles. The molecule has 1 atom stereocenters. The number of benzene rings is 1. The van der Waals surface area contributed by atoms with Crippen molar-refractivity contribution in [3.63, 3.8) is 0 Å². The van der Waals surface area contributed by atoms with E-state index in [9.17, 15) is 5.11 Å². The third-order valence-corrected chi connectivity index (χ3v) is 3.77. The first-order valence-electron chi connectivity index (χ1n) is 6.09. The summed E-state index contributed by atoms with van der Waals surface area (Å²) < 4.78 is 5.65. The summed E-state index contributed by atoms with van der Waals surface area (Å²) in [6.45, 7) is 1.68. The summed E-state index contributed by atoms with van der Waals surface area (Å²) >= 11 is 1.53. The fourth-order valence-electron chi connectivity index (χ4n) is 1.61. The van der Waals surface area contributed by atoms with Gasteiger partial charge in [0.2, 0.25) is 5.89 Å². The van der Waals surface area contributed by atoms with Gasteiger partial charge in [0.05, 0.1) is 18.4 Å². The zero-order valence-corrected chi connectivity index (χ0v) is 11.6. The molecule has 0 bridgehead atoms. The Morgan fingerprint density at radius 1 is 1.32 bits per heavy atom. The quantitative estimate of drug-likeness (QED) is 0.849. The Morgan fingerprint density at radius 3 is 2.74 bits per heavy atom. The van der Waals surface area contributed by atoms with Crippen LogP contribution in [0.15, 0.2) is 34.7 Å². The highest BCUT2D eigenvalue weighted by molar-refractivity contribution is 7.98. The molecule has 1 aromatic heterocycles. The summed E-state index contributed by atoms with van der Waals surface area (Å²) in [5.41, 5.74) is 1.84. The van der Waals surface area contributed by atoms with E-state index in [1.807, 2.05) is 37.3 Å². The number of aromatic nitrogens is 1. The van der Waals surface area contributed by atoms with Crippen molar-refractivity contribution < 1.29 is 14.6 Å². The number of aryl methyl sites for hydroxylation is 1. The van der Waals surface area contributed by atoms with Crippen LogP contribution in [-0.4, -0.2) is 33.7 Å². The van der Waals surface area contributed by atoms with Gasteiger partial charge in [-0.25, -0.2) is 4.98 Å². The smallest absolute Gasteiger partial charge is 0.226 e. The van der Waals surface area contributed by atoms with Crippen molar-refractivity contribution in [2.45, 2.75) is 18.8 Å². The Balaban J connectivity index is 2.01. The monoisotopic (exact) mass is 279 g/mol. The molecule has 19 heavy (non-hydrogen) atoms. The molecule has 0 radical (unpaired) electrons. The van der Waals surface area contributed by atoms with E-state index in [1.54, 1.807) is 0 Å². The molecule has 0 aliphatic carbocycles. The molecule has 0 spiro atoms. The molecular weight excluding hydrogens is 262 g/mol. The van der Waals surface area contributed by atoms with Crippen molar-refractivity contribution in [3.05, 3.63) is 41.8 Å². The minimum atomic E-state index is -0.675. The zero-order valence-electron chi connectivity index (χ0n) is 10.7. The molecule has 0 saturated heterocycles. The minimum absolute atomic E-state index is 0.208. The molecule has 1 heterocycles. The summed E-state index contributed by atoms with van der Waals surface area (Å²) in [6, 6.07) is 9.75. The number of aliphatic hydroxyl groups excluding tert-OH is 2. The number of aliphatic hydroxyl groups is 2. The van der Waals surface area contributed by atoms with Gasteiger partial charge in [0.25, 0.3) is 0 Å². The third-order valence-electron chi connectivity index (χ3n) is 2.67. The van der Waals surface area contributed by atoms with E-state index in [2.05, 4.69) is 4.98 Å². The second kappa shape index (κ2) is 6.75. The van der Waals surface area contributed by atoms with Gasteiger partial charge in [-0.15, -0.1) is 0 Å².